The third-order valence-electron chi connectivity index (χ3n) is 19.1. The van der Waals surface area contributed by atoms with Gasteiger partial charge in [-0.25, -0.2) is 18.7 Å². The van der Waals surface area contributed by atoms with Crippen LogP contribution in [0.3, 0.4) is 0 Å². The minimum absolute atomic E-state index is 0.0502. The molecule has 96 heavy (non-hydrogen) atoms. The Kier molecular flexibility index (Phi) is 13.1. The molecule has 7 aromatic heterocycles. The van der Waals surface area contributed by atoms with Crippen molar-refractivity contribution in [2.24, 2.45) is 21.1 Å². The number of nitrogens with zero attached hydrogens (tertiary/aromatic N) is 4. The molecular weight excluding hydrogens is 1170 g/mol. The molecule has 7 heterocycles. The van der Waals surface area contributed by atoms with Gasteiger partial charge in [0.05, 0.1) is 5.56 Å². The number of pyridine rings is 4. The van der Waals surface area contributed by atoms with Crippen LogP contribution in [0.4, 0.5) is 0 Å². The quantitative estimate of drug-likeness (QED) is 0.156. The molecule has 0 unspecified atom stereocenters. The van der Waals surface area contributed by atoms with Crippen molar-refractivity contribution in [1.29, 1.82) is 0 Å². The fraction of sp³-hybridized carbons (Fsp3) is 0.101. The molecule has 0 aliphatic rings. The van der Waals surface area contributed by atoms with Gasteiger partial charge in [0.2, 0.25) is 17.1 Å². The first-order valence-corrected chi connectivity index (χ1v) is 32.4. The normalized spacial score (nSPS) is 12.8. The highest BCUT2D eigenvalue weighted by atomic mass is 16.3. The lowest BCUT2D eigenvalue weighted by Gasteiger charge is -2.10. The van der Waals surface area contributed by atoms with E-state index in [1.807, 2.05) is 79.2 Å². The molecule has 0 spiro atoms. The van der Waals surface area contributed by atoms with Gasteiger partial charge < -0.3 is 13.3 Å². The van der Waals surface area contributed by atoms with Gasteiger partial charge >= 0.3 is 0 Å². The molecule has 0 N–H and O–H groups in total. The van der Waals surface area contributed by atoms with Crippen molar-refractivity contribution >= 4 is 98.3 Å². The third-order valence-corrected chi connectivity index (χ3v) is 19.1. The van der Waals surface area contributed by atoms with Crippen LogP contribution < -0.4 is 13.7 Å². The van der Waals surface area contributed by atoms with Crippen LogP contribution in [-0.2, 0) is 21.1 Å². The number of aryl methyl sites for hydroxylation is 9. The third kappa shape index (κ3) is 10.4. The summed E-state index contributed by atoms with van der Waals surface area (Å²) in [5.74, 6) is 0. The molecule has 0 bridgehead atoms. The maximum absolute atomic E-state index is 8.13. The van der Waals surface area contributed by atoms with E-state index in [4.69, 9.17) is 21.5 Å². The Hall–Kier alpha value is -11.8. The van der Waals surface area contributed by atoms with E-state index in [0.29, 0.717) is 33.0 Å². The van der Waals surface area contributed by atoms with Crippen LogP contribution in [-0.4, -0.2) is 4.98 Å². The van der Waals surface area contributed by atoms with E-state index in [-0.39, 0.29) is 11.3 Å². The van der Waals surface area contributed by atoms with E-state index >= 15 is 0 Å². The lowest BCUT2D eigenvalue weighted by atomic mass is 9.96. The van der Waals surface area contributed by atoms with Gasteiger partial charge in [-0.3, -0.25) is 0 Å². The Morgan fingerprint density at radius 2 is 0.740 bits per heavy atom. The van der Waals surface area contributed by atoms with Gasteiger partial charge in [0.25, 0.3) is 0 Å². The summed E-state index contributed by atoms with van der Waals surface area (Å²) in [6.07, 6.45) is 6.04. The SMILES string of the molecule is Cc1c[n+](C)c(-c2cc3c(cc2C)oc2c4ccccc4ccc32)cc1-c1ccccc1.Cc1cc2oc3c4ccccc4ccc3c2cc1-c1cc(-c2ccccc2)cc[n+]1C.[2H]C([2H])([2H])c1c[n+](C)c(-c2cc3oc4c5ccccc5c(C([2H])([2H])[2H])nc4c3cc2C)cc1-c1ccccc1. The molecule has 0 saturated heterocycles. The van der Waals surface area contributed by atoms with E-state index < -0.39 is 13.7 Å². The highest BCUT2D eigenvalue weighted by Gasteiger charge is 2.24. The van der Waals surface area contributed by atoms with Crippen molar-refractivity contribution in [2.45, 2.75) is 41.4 Å². The second-order valence-electron chi connectivity index (χ2n) is 25.3. The average molecular weight is 1250 g/mol. The highest BCUT2D eigenvalue weighted by Crippen LogP contribution is 2.42. The van der Waals surface area contributed by atoms with Crippen molar-refractivity contribution in [3.05, 3.63) is 301 Å². The van der Waals surface area contributed by atoms with Crippen LogP contribution >= 0.6 is 0 Å². The number of hydrogen-bond acceptors (Lipinski definition) is 4. The molecule has 11 aromatic carbocycles. The molecular formula is C89H71N4O3+3. The zero-order chi connectivity index (χ0) is 70.5. The molecule has 462 valence electrons. The number of hydrogen-bond donors (Lipinski definition) is 0. The second kappa shape index (κ2) is 24.0. The van der Waals surface area contributed by atoms with E-state index in [1.54, 1.807) is 18.3 Å². The van der Waals surface area contributed by atoms with Gasteiger partial charge in [0.1, 0.15) is 54.6 Å². The maximum atomic E-state index is 8.13. The van der Waals surface area contributed by atoms with Crippen LogP contribution in [0.5, 0.6) is 0 Å². The Labute approximate surface area is 566 Å². The molecule has 0 radical (unpaired) electrons. The van der Waals surface area contributed by atoms with E-state index in [1.165, 1.54) is 72.2 Å². The average Bonchev–Trinajstić information content (AvgIpc) is 1.57. The van der Waals surface area contributed by atoms with E-state index in [2.05, 4.69) is 237 Å². The van der Waals surface area contributed by atoms with Gasteiger partial charge in [-0.2, -0.15) is 0 Å². The van der Waals surface area contributed by atoms with Gasteiger partial charge in [-0.05, 0) is 151 Å². The zero-order valence-electron chi connectivity index (χ0n) is 60.4. The molecule has 0 aliphatic carbocycles. The summed E-state index contributed by atoms with van der Waals surface area (Å²) in [4.78, 5) is 4.59. The molecule has 0 atom stereocenters. The topological polar surface area (TPSA) is 64.0 Å². The van der Waals surface area contributed by atoms with Crippen molar-refractivity contribution in [3.63, 3.8) is 0 Å². The molecule has 7 nitrogen and oxygen atoms in total. The Morgan fingerprint density at radius 3 is 1.29 bits per heavy atom. The summed E-state index contributed by atoms with van der Waals surface area (Å²) in [5, 5.41) is 11.3. The smallest absolute Gasteiger partial charge is 0.213 e. The molecule has 0 saturated carbocycles. The highest BCUT2D eigenvalue weighted by molar-refractivity contribution is 6.18. The Bertz CT molecular complexity index is 6370. The molecule has 0 amide bonds. The van der Waals surface area contributed by atoms with Crippen LogP contribution in [0.15, 0.2) is 281 Å². The second-order valence-corrected chi connectivity index (χ2v) is 25.3. The number of rotatable bonds is 6. The van der Waals surface area contributed by atoms with Crippen LogP contribution in [0.2, 0.25) is 0 Å². The Balaban J connectivity index is 0.000000119. The lowest BCUT2D eigenvalue weighted by molar-refractivity contribution is -0.660. The summed E-state index contributed by atoms with van der Waals surface area (Å²) in [6, 6.07) is 85.0. The first-order valence-electron chi connectivity index (χ1n) is 35.4. The number of fused-ring (bicyclic) bond motifs is 15. The van der Waals surface area contributed by atoms with Crippen molar-refractivity contribution < 1.29 is 35.2 Å². The molecule has 18 rings (SSSR count). The minimum Gasteiger partial charge on any atom is -0.455 e. The van der Waals surface area contributed by atoms with Crippen LogP contribution in [0.1, 0.15) is 41.7 Å². The Morgan fingerprint density at radius 1 is 0.302 bits per heavy atom. The molecule has 18 aromatic rings. The van der Waals surface area contributed by atoms with Crippen molar-refractivity contribution in [3.8, 4) is 67.2 Å². The van der Waals surface area contributed by atoms with Gasteiger partial charge in [-0.15, -0.1) is 0 Å². The predicted molar refractivity (Wildman–Crippen MR) is 396 cm³/mol. The van der Waals surface area contributed by atoms with Gasteiger partial charge in [0.15, 0.2) is 24.2 Å². The maximum Gasteiger partial charge on any atom is 0.213 e. The van der Waals surface area contributed by atoms with Crippen molar-refractivity contribution in [1.82, 2.24) is 4.98 Å². The van der Waals surface area contributed by atoms with E-state index in [0.717, 1.165) is 82.4 Å². The van der Waals surface area contributed by atoms with Gasteiger partial charge in [-0.1, -0.05) is 176 Å². The van der Waals surface area contributed by atoms with Crippen LogP contribution in [0.25, 0.3) is 165 Å². The fourth-order valence-corrected chi connectivity index (χ4v) is 14.1. The summed E-state index contributed by atoms with van der Waals surface area (Å²) >= 11 is 0. The number of aromatic nitrogens is 4. The summed E-state index contributed by atoms with van der Waals surface area (Å²) in [7, 11) is 6.07. The predicted octanol–water partition coefficient (Wildman–Crippen LogP) is 21.9. The van der Waals surface area contributed by atoms with Crippen LogP contribution in [0, 0.1) is 41.4 Å². The first-order chi connectivity index (χ1) is 49.2. The summed E-state index contributed by atoms with van der Waals surface area (Å²) < 4.78 is 73.9. The standard InChI is InChI=1S/C30H25N2O.C30H24NO.C29H22NO/c1-18-14-26-28(33-30-23-13-9-8-12-22(23)20(3)31-29(26)30)16-25(18)27-15-24(19(2)17-32(27)4)21-10-6-5-7-11-21;1-19-15-29-27(24-14-13-22-11-7-8-12-23(22)30(24)32-29)16-26(19)28-17-25(20(2)18-31(28)3)21-9-5-4-6-10-21;1-19-16-28-26(24-13-12-21-10-6-7-11-23(21)29(24)31-28)18-25(19)27-17-22(14-15-30(27)2)20-8-4-3-5-9-20/h5-17H,1-4H3;4-18H,1-3H3;3-18H,1-2H3/q3*+1/i2D3,3D3;;. The van der Waals surface area contributed by atoms with Gasteiger partial charge in [0, 0.05) is 109 Å². The number of benzene rings is 11. The lowest BCUT2D eigenvalue weighted by Crippen LogP contribution is -2.31. The fourth-order valence-electron chi connectivity index (χ4n) is 14.1. The molecule has 7 heteroatoms. The van der Waals surface area contributed by atoms with Crippen molar-refractivity contribution in [2.75, 3.05) is 0 Å². The monoisotopic (exact) mass is 1250 g/mol. The summed E-state index contributed by atoms with van der Waals surface area (Å²) in [5.41, 5.74) is 23.3. The molecule has 0 fully saturated rings. The van der Waals surface area contributed by atoms with E-state index in [9.17, 15) is 0 Å². The first kappa shape index (κ1) is 52.7. The zero-order valence-corrected chi connectivity index (χ0v) is 54.4. The summed E-state index contributed by atoms with van der Waals surface area (Å²) in [6.45, 7) is 3.82. The number of furan rings is 3. The largest absolute Gasteiger partial charge is 0.455 e. The minimum atomic E-state index is -2.38. The molecule has 0 aliphatic heterocycles.